The van der Waals surface area contributed by atoms with Gasteiger partial charge in [-0.2, -0.15) is 5.10 Å². The maximum atomic E-state index is 12.6. The molecule has 0 aromatic heterocycles. The van der Waals surface area contributed by atoms with Crippen LogP contribution in [0.1, 0.15) is 35.3 Å². The standard InChI is InChI=1S/C26H25ClN4O5/c1-17(2)24(29-25(32)20-4-3-5-21(27)14-20)26(33)30-28-15-18-8-12-23(13-9-18)36-16-19-6-10-22(11-7-19)31(34)35/h3-15,17,24H,16H2,1-2H3,(H,29,32)(H,30,33)/b28-15-. The van der Waals surface area contributed by atoms with Crippen LogP contribution in [0, 0.1) is 16.0 Å². The lowest BCUT2D eigenvalue weighted by Gasteiger charge is -2.20. The van der Waals surface area contributed by atoms with Gasteiger partial charge in [0.2, 0.25) is 0 Å². The molecule has 2 amide bonds. The summed E-state index contributed by atoms with van der Waals surface area (Å²) >= 11 is 5.94. The first-order valence-corrected chi connectivity index (χ1v) is 11.5. The highest BCUT2D eigenvalue weighted by Crippen LogP contribution is 2.16. The van der Waals surface area contributed by atoms with Crippen molar-refractivity contribution in [2.75, 3.05) is 0 Å². The average Bonchev–Trinajstić information content (AvgIpc) is 2.86. The highest BCUT2D eigenvalue weighted by Gasteiger charge is 2.24. The Labute approximate surface area is 213 Å². The summed E-state index contributed by atoms with van der Waals surface area (Å²) in [4.78, 5) is 35.4. The lowest BCUT2D eigenvalue weighted by atomic mass is 10.0. The molecule has 0 spiro atoms. The molecule has 3 aromatic carbocycles. The minimum atomic E-state index is -0.788. The SMILES string of the molecule is CC(C)C(NC(=O)c1cccc(Cl)c1)C(=O)N/N=C\c1ccc(OCc2ccc([N+](=O)[O-])cc2)cc1. The average molecular weight is 509 g/mol. The summed E-state index contributed by atoms with van der Waals surface area (Å²) in [6.07, 6.45) is 1.48. The van der Waals surface area contributed by atoms with E-state index in [0.29, 0.717) is 16.3 Å². The molecule has 0 radical (unpaired) electrons. The zero-order valence-corrected chi connectivity index (χ0v) is 20.4. The summed E-state index contributed by atoms with van der Waals surface area (Å²) in [7, 11) is 0. The van der Waals surface area contributed by atoms with Crippen LogP contribution in [-0.4, -0.2) is 29.0 Å². The van der Waals surface area contributed by atoms with Gasteiger partial charge in [-0.15, -0.1) is 0 Å². The van der Waals surface area contributed by atoms with Crippen molar-refractivity contribution in [3.63, 3.8) is 0 Å². The van der Waals surface area contributed by atoms with E-state index >= 15 is 0 Å². The van der Waals surface area contributed by atoms with Crippen LogP contribution < -0.4 is 15.5 Å². The molecule has 0 bridgehead atoms. The van der Waals surface area contributed by atoms with E-state index in [9.17, 15) is 19.7 Å². The van der Waals surface area contributed by atoms with Crippen LogP contribution in [0.5, 0.6) is 5.75 Å². The molecular weight excluding hydrogens is 484 g/mol. The molecule has 9 nitrogen and oxygen atoms in total. The Bertz CT molecular complexity index is 1240. The number of benzene rings is 3. The number of halogens is 1. The van der Waals surface area contributed by atoms with Gasteiger partial charge in [-0.1, -0.05) is 31.5 Å². The fourth-order valence-corrected chi connectivity index (χ4v) is 3.35. The predicted octanol–water partition coefficient (Wildman–Crippen LogP) is 4.73. The summed E-state index contributed by atoms with van der Waals surface area (Å²) in [6, 6.07) is 18.9. The molecule has 0 saturated carbocycles. The molecule has 3 aromatic rings. The largest absolute Gasteiger partial charge is 0.489 e. The molecule has 2 N–H and O–H groups in total. The van der Waals surface area contributed by atoms with Gasteiger partial charge < -0.3 is 10.1 Å². The normalized spacial score (nSPS) is 11.8. The first-order valence-electron chi connectivity index (χ1n) is 11.1. The number of non-ortho nitro benzene ring substituents is 1. The fraction of sp³-hybridized carbons (Fsp3) is 0.192. The number of hydrazone groups is 1. The van der Waals surface area contributed by atoms with Gasteiger partial charge in [0.1, 0.15) is 18.4 Å². The van der Waals surface area contributed by atoms with E-state index in [1.54, 1.807) is 54.6 Å². The van der Waals surface area contributed by atoms with Crippen LogP contribution in [0.4, 0.5) is 5.69 Å². The highest BCUT2D eigenvalue weighted by atomic mass is 35.5. The number of nitro benzene ring substituents is 1. The number of rotatable bonds is 10. The number of carbonyl (C=O) groups is 2. The Morgan fingerprint density at radius 2 is 1.78 bits per heavy atom. The van der Waals surface area contributed by atoms with Crippen LogP contribution >= 0.6 is 11.6 Å². The second-order valence-electron chi connectivity index (χ2n) is 8.22. The van der Waals surface area contributed by atoms with Crippen LogP contribution in [-0.2, 0) is 11.4 Å². The van der Waals surface area contributed by atoms with Gasteiger partial charge in [0.25, 0.3) is 17.5 Å². The molecular formula is C26H25ClN4O5. The summed E-state index contributed by atoms with van der Waals surface area (Å²) in [5.74, 6) is -0.409. The fourth-order valence-electron chi connectivity index (χ4n) is 3.16. The number of hydrogen-bond donors (Lipinski definition) is 2. The van der Waals surface area contributed by atoms with Crippen LogP contribution in [0.25, 0.3) is 0 Å². The first kappa shape index (κ1) is 26.4. The monoisotopic (exact) mass is 508 g/mol. The molecule has 36 heavy (non-hydrogen) atoms. The Kier molecular flexibility index (Phi) is 9.13. The second kappa shape index (κ2) is 12.5. The number of ether oxygens (including phenoxy) is 1. The van der Waals surface area contributed by atoms with Crippen LogP contribution in [0.15, 0.2) is 77.9 Å². The predicted molar refractivity (Wildman–Crippen MR) is 137 cm³/mol. The molecule has 0 saturated heterocycles. The maximum absolute atomic E-state index is 12.6. The third kappa shape index (κ3) is 7.64. The number of nitrogens with one attached hydrogen (secondary N) is 2. The zero-order valence-electron chi connectivity index (χ0n) is 19.7. The molecule has 0 aliphatic carbocycles. The number of amides is 2. The van der Waals surface area contributed by atoms with Gasteiger partial charge in [-0.3, -0.25) is 19.7 Å². The van der Waals surface area contributed by atoms with Crippen molar-refractivity contribution in [2.24, 2.45) is 11.0 Å². The summed E-state index contributed by atoms with van der Waals surface area (Å²) in [6.45, 7) is 3.90. The van der Waals surface area contributed by atoms with Gasteiger partial charge in [0, 0.05) is 22.7 Å². The van der Waals surface area contributed by atoms with E-state index in [4.69, 9.17) is 16.3 Å². The van der Waals surface area contributed by atoms with Crippen molar-refractivity contribution in [2.45, 2.75) is 26.5 Å². The number of nitrogens with zero attached hydrogens (tertiary/aromatic N) is 2. The minimum absolute atomic E-state index is 0.0256. The topological polar surface area (TPSA) is 123 Å². The van der Waals surface area contributed by atoms with E-state index in [1.807, 2.05) is 13.8 Å². The highest BCUT2D eigenvalue weighted by molar-refractivity contribution is 6.31. The second-order valence-corrected chi connectivity index (χ2v) is 8.66. The molecule has 1 unspecified atom stereocenters. The van der Waals surface area contributed by atoms with Gasteiger partial charge in [-0.05, 0) is 71.6 Å². The smallest absolute Gasteiger partial charge is 0.269 e. The van der Waals surface area contributed by atoms with E-state index in [1.165, 1.54) is 24.4 Å². The zero-order chi connectivity index (χ0) is 26.1. The summed E-state index contributed by atoms with van der Waals surface area (Å²) in [5, 5.41) is 17.9. The minimum Gasteiger partial charge on any atom is -0.489 e. The Hall–Kier alpha value is -4.24. The number of hydrogen-bond acceptors (Lipinski definition) is 6. The first-order chi connectivity index (χ1) is 17.2. The third-order valence-corrected chi connectivity index (χ3v) is 5.38. The van der Waals surface area contributed by atoms with Crippen molar-refractivity contribution in [1.82, 2.24) is 10.7 Å². The third-order valence-electron chi connectivity index (χ3n) is 5.14. The molecule has 0 aliphatic heterocycles. The molecule has 3 rings (SSSR count). The maximum Gasteiger partial charge on any atom is 0.269 e. The van der Waals surface area contributed by atoms with E-state index in [-0.39, 0.29) is 18.2 Å². The van der Waals surface area contributed by atoms with Crippen molar-refractivity contribution in [1.29, 1.82) is 0 Å². The van der Waals surface area contributed by atoms with Crippen LogP contribution in [0.3, 0.4) is 0 Å². The van der Waals surface area contributed by atoms with Gasteiger partial charge in [-0.25, -0.2) is 5.43 Å². The Balaban J connectivity index is 1.52. The lowest BCUT2D eigenvalue weighted by molar-refractivity contribution is -0.384. The molecule has 1 atom stereocenters. The lowest BCUT2D eigenvalue weighted by Crippen LogP contribution is -2.48. The number of carbonyl (C=O) groups excluding carboxylic acids is 2. The summed E-state index contributed by atoms with van der Waals surface area (Å²) < 4.78 is 5.70. The molecule has 0 fully saturated rings. The van der Waals surface area contributed by atoms with E-state index in [0.717, 1.165) is 11.1 Å². The summed E-state index contributed by atoms with van der Waals surface area (Å²) in [5.41, 5.74) is 4.38. The van der Waals surface area contributed by atoms with E-state index < -0.39 is 22.8 Å². The van der Waals surface area contributed by atoms with Crippen LogP contribution in [0.2, 0.25) is 5.02 Å². The van der Waals surface area contributed by atoms with Crippen molar-refractivity contribution >= 4 is 35.3 Å². The van der Waals surface area contributed by atoms with Gasteiger partial charge in [0.05, 0.1) is 11.1 Å². The van der Waals surface area contributed by atoms with Gasteiger partial charge in [0.15, 0.2) is 0 Å². The van der Waals surface area contributed by atoms with Crippen molar-refractivity contribution < 1.29 is 19.2 Å². The molecule has 0 heterocycles. The Morgan fingerprint density at radius 3 is 2.39 bits per heavy atom. The van der Waals surface area contributed by atoms with Crippen molar-refractivity contribution in [3.05, 3.63) is 105 Å². The molecule has 0 aliphatic rings. The quantitative estimate of drug-likeness (QED) is 0.233. The van der Waals surface area contributed by atoms with Crippen molar-refractivity contribution in [3.8, 4) is 5.75 Å². The Morgan fingerprint density at radius 1 is 1.08 bits per heavy atom. The number of nitro groups is 1. The van der Waals surface area contributed by atoms with Gasteiger partial charge >= 0.3 is 0 Å². The van der Waals surface area contributed by atoms with E-state index in [2.05, 4.69) is 15.8 Å². The molecule has 186 valence electrons. The molecule has 10 heteroatoms.